The van der Waals surface area contributed by atoms with Crippen molar-refractivity contribution in [2.45, 2.75) is 25.9 Å². The van der Waals surface area contributed by atoms with Gasteiger partial charge in [-0.05, 0) is 31.5 Å². The van der Waals surface area contributed by atoms with Gasteiger partial charge in [-0.3, -0.25) is 0 Å². The van der Waals surface area contributed by atoms with Gasteiger partial charge in [0.1, 0.15) is 18.3 Å². The predicted molar refractivity (Wildman–Crippen MR) is 139 cm³/mol. The molecule has 0 amide bonds. The van der Waals surface area contributed by atoms with Gasteiger partial charge in [-0.1, -0.05) is 0 Å². The van der Waals surface area contributed by atoms with Gasteiger partial charge in [0.2, 0.25) is 6.79 Å². The van der Waals surface area contributed by atoms with Crippen molar-refractivity contribution in [3.8, 4) is 11.5 Å². The molecule has 5 rings (SSSR count). The van der Waals surface area contributed by atoms with Crippen LogP contribution in [0, 0.1) is 0 Å². The zero-order valence-electron chi connectivity index (χ0n) is 22.0. The molecule has 2 bridgehead atoms. The Bertz CT molecular complexity index is 1250. The number of fused-ring (bicyclic) bond motifs is 4. The lowest BCUT2D eigenvalue weighted by Gasteiger charge is -2.27. The fourth-order valence-electron chi connectivity index (χ4n) is 4.49. The van der Waals surface area contributed by atoms with Crippen LogP contribution in [-0.2, 0) is 25.4 Å². The van der Waals surface area contributed by atoms with Crippen molar-refractivity contribution in [2.24, 2.45) is 4.99 Å². The van der Waals surface area contributed by atoms with Gasteiger partial charge in [-0.25, -0.2) is 15.0 Å². The Morgan fingerprint density at radius 1 is 1.16 bits per heavy atom. The van der Waals surface area contributed by atoms with E-state index >= 15 is 0 Å². The summed E-state index contributed by atoms with van der Waals surface area (Å²) in [6, 6.07) is 1.97. The van der Waals surface area contributed by atoms with E-state index in [0.717, 1.165) is 41.7 Å². The zero-order valence-corrected chi connectivity index (χ0v) is 22.0. The number of ether oxygens (including phenoxy) is 6. The van der Waals surface area contributed by atoms with E-state index < -0.39 is 0 Å². The largest absolute Gasteiger partial charge is 0.476 e. The Hall–Kier alpha value is -3.25. The van der Waals surface area contributed by atoms with Crippen molar-refractivity contribution < 1.29 is 28.4 Å². The first-order valence-corrected chi connectivity index (χ1v) is 13.0. The third-order valence-corrected chi connectivity index (χ3v) is 6.38. The number of benzene rings is 1. The van der Waals surface area contributed by atoms with Crippen molar-refractivity contribution in [3.63, 3.8) is 0 Å². The Morgan fingerprint density at radius 3 is 3.00 bits per heavy atom. The first-order valence-electron chi connectivity index (χ1n) is 13.0. The summed E-state index contributed by atoms with van der Waals surface area (Å²) in [5.41, 5.74) is 1.84. The van der Waals surface area contributed by atoms with Crippen molar-refractivity contribution in [2.75, 3.05) is 66.6 Å². The summed E-state index contributed by atoms with van der Waals surface area (Å²) in [6.45, 7) is 7.20. The van der Waals surface area contributed by atoms with Crippen LogP contribution in [0.4, 0.5) is 5.82 Å². The third-order valence-electron chi connectivity index (χ3n) is 6.38. The molecule has 11 nitrogen and oxygen atoms in total. The minimum Gasteiger partial charge on any atom is -0.476 e. The number of nitrogens with one attached hydrogen (secondary N) is 1. The molecule has 0 aliphatic carbocycles. The predicted octanol–water partition coefficient (Wildman–Crippen LogP) is 1.13. The van der Waals surface area contributed by atoms with Crippen LogP contribution in [-0.4, -0.2) is 87.5 Å². The molecule has 4 heterocycles. The van der Waals surface area contributed by atoms with E-state index in [0.29, 0.717) is 68.7 Å². The molecule has 1 unspecified atom stereocenters. The Balaban J connectivity index is 1.54. The number of hydrogen-bond donors (Lipinski definition) is 1. The summed E-state index contributed by atoms with van der Waals surface area (Å²) in [5.74, 6) is 2.58. The Kier molecular flexibility index (Phi) is 9.02. The van der Waals surface area contributed by atoms with E-state index in [4.69, 9.17) is 33.4 Å². The lowest BCUT2D eigenvalue weighted by Crippen LogP contribution is -2.38. The number of hydrogen-bond acceptors (Lipinski definition) is 11. The normalized spacial score (nSPS) is 19.2. The third kappa shape index (κ3) is 6.41. The van der Waals surface area contributed by atoms with Crippen LogP contribution in [0.15, 0.2) is 29.5 Å². The van der Waals surface area contributed by atoms with E-state index in [1.54, 1.807) is 13.3 Å². The molecule has 1 aromatic carbocycles. The lowest BCUT2D eigenvalue weighted by atomic mass is 10.1. The highest BCUT2D eigenvalue weighted by Crippen LogP contribution is 2.30. The fourth-order valence-corrected chi connectivity index (χ4v) is 4.49. The monoisotopic (exact) mass is 525 g/mol. The van der Waals surface area contributed by atoms with Crippen LogP contribution in [0.3, 0.4) is 0 Å². The number of aromatic nitrogens is 2. The number of nitrogens with zero attached hydrogens (tertiary/aromatic N) is 4. The molecule has 1 atom stereocenters. The van der Waals surface area contributed by atoms with Crippen LogP contribution in [0.5, 0.6) is 11.5 Å². The number of methoxy groups -OCH3 is 1. The fraction of sp³-hybridized carbons (Fsp3) is 0.519. The smallest absolute Gasteiger partial charge is 0.231 e. The van der Waals surface area contributed by atoms with E-state index in [-0.39, 0.29) is 12.9 Å². The molecule has 1 aromatic heterocycles. The average Bonchev–Trinajstić information content (AvgIpc) is 3.39. The second-order valence-electron chi connectivity index (χ2n) is 9.19. The van der Waals surface area contributed by atoms with Gasteiger partial charge in [-0.2, -0.15) is 0 Å². The summed E-state index contributed by atoms with van der Waals surface area (Å²) in [5, 5.41) is 5.10. The van der Waals surface area contributed by atoms with Gasteiger partial charge < -0.3 is 38.6 Å². The first-order chi connectivity index (χ1) is 18.7. The molecular formula is C27H35N5O6. The molecule has 38 heavy (non-hydrogen) atoms. The number of rotatable bonds is 7. The molecule has 0 spiro atoms. The Morgan fingerprint density at radius 2 is 2.08 bits per heavy atom. The minimum absolute atomic E-state index is 0.0148. The summed E-state index contributed by atoms with van der Waals surface area (Å²) >= 11 is 0. The van der Waals surface area contributed by atoms with Crippen molar-refractivity contribution in [1.29, 1.82) is 0 Å². The lowest BCUT2D eigenvalue weighted by molar-refractivity contribution is 0.0324. The molecule has 3 aliphatic rings. The molecule has 2 aromatic rings. The summed E-state index contributed by atoms with van der Waals surface area (Å²) in [7, 11) is 1.66. The van der Waals surface area contributed by atoms with Gasteiger partial charge in [-0.15, -0.1) is 0 Å². The van der Waals surface area contributed by atoms with Crippen molar-refractivity contribution in [3.05, 3.63) is 46.2 Å². The summed E-state index contributed by atoms with van der Waals surface area (Å²) in [4.78, 5) is 15.8. The maximum atomic E-state index is 6.16. The van der Waals surface area contributed by atoms with E-state index in [9.17, 15) is 0 Å². The summed E-state index contributed by atoms with van der Waals surface area (Å²) in [6.07, 6.45) is 9.00. The molecule has 3 aliphatic heterocycles. The topological polar surface area (TPSA) is 109 Å². The molecule has 11 heteroatoms. The second-order valence-corrected chi connectivity index (χ2v) is 9.19. The molecule has 204 valence electrons. The van der Waals surface area contributed by atoms with Crippen LogP contribution < -0.4 is 25.4 Å². The highest BCUT2D eigenvalue weighted by atomic mass is 16.7. The maximum absolute atomic E-state index is 6.16. The van der Waals surface area contributed by atoms with Crippen LogP contribution in [0.2, 0.25) is 0 Å². The van der Waals surface area contributed by atoms with E-state index in [2.05, 4.69) is 33.3 Å². The van der Waals surface area contributed by atoms with Crippen LogP contribution in [0.25, 0.3) is 12.3 Å². The molecule has 1 N–H and O–H groups in total. The van der Waals surface area contributed by atoms with Crippen molar-refractivity contribution >= 4 is 18.1 Å². The van der Waals surface area contributed by atoms with Gasteiger partial charge in [0.05, 0.1) is 25.9 Å². The molecule has 0 fully saturated rings. The van der Waals surface area contributed by atoms with Gasteiger partial charge in [0.25, 0.3) is 0 Å². The first kappa shape index (κ1) is 26.4. The standard InChI is InChI=1S/C27H35N5O6/c1-19-12-21-15-29-17-30-27(21)31-25-22-16-32(6-5-28-4-3-7-35-19)24(36-11-10-34-9-8-33-2)14-20(22)13-23-26(25)38-18-37-23/h13-17,19,28H,3-12,18H2,1-2H3. The molecule has 0 radical (unpaired) electrons. The van der Waals surface area contributed by atoms with Gasteiger partial charge in [0, 0.05) is 62.5 Å². The zero-order chi connectivity index (χ0) is 26.2. The quantitative estimate of drug-likeness (QED) is 0.529. The average molecular weight is 526 g/mol. The van der Waals surface area contributed by atoms with Gasteiger partial charge >= 0.3 is 0 Å². The SMILES string of the molecule is COCCOCCOC1=Cc2cc3c(c4c2=CN1CCNCCCOC(C)Cc1cncnc1N=4)OCO3. The molecular weight excluding hydrogens is 490 g/mol. The van der Waals surface area contributed by atoms with Crippen LogP contribution in [0.1, 0.15) is 24.5 Å². The molecule has 0 saturated heterocycles. The Labute approximate surface area is 222 Å². The maximum Gasteiger partial charge on any atom is 0.231 e. The van der Waals surface area contributed by atoms with Crippen LogP contribution >= 0.6 is 0 Å². The van der Waals surface area contributed by atoms with Crippen molar-refractivity contribution in [1.82, 2.24) is 20.2 Å². The van der Waals surface area contributed by atoms with Gasteiger partial charge in [0.15, 0.2) is 23.2 Å². The minimum atomic E-state index is 0.0148. The highest BCUT2D eigenvalue weighted by molar-refractivity contribution is 5.63. The van der Waals surface area contributed by atoms with E-state index in [1.165, 1.54) is 6.33 Å². The van der Waals surface area contributed by atoms with E-state index in [1.807, 2.05) is 12.1 Å². The summed E-state index contributed by atoms with van der Waals surface area (Å²) < 4.78 is 34.5. The highest BCUT2D eigenvalue weighted by Gasteiger charge is 2.23. The second kappa shape index (κ2) is 13.0. The molecule has 0 saturated carbocycles.